The minimum atomic E-state index is -0.368. The molecule has 6 nitrogen and oxygen atoms in total. The van der Waals surface area contributed by atoms with Gasteiger partial charge in [-0.25, -0.2) is 4.79 Å². The normalized spacial score (nSPS) is 31.7. The average molecular weight is 343 g/mol. The molecule has 1 amide bonds. The van der Waals surface area contributed by atoms with Gasteiger partial charge < -0.3 is 14.8 Å². The molecule has 0 unspecified atom stereocenters. The van der Waals surface area contributed by atoms with Crippen LogP contribution in [-0.4, -0.2) is 30.6 Å². The van der Waals surface area contributed by atoms with Gasteiger partial charge in [0.1, 0.15) is 6.10 Å². The van der Waals surface area contributed by atoms with E-state index in [1.165, 1.54) is 0 Å². The van der Waals surface area contributed by atoms with E-state index < -0.39 is 0 Å². The van der Waals surface area contributed by atoms with Crippen LogP contribution in [0, 0.1) is 23.7 Å². The molecule has 1 aromatic carbocycles. The van der Waals surface area contributed by atoms with E-state index in [2.05, 4.69) is 5.32 Å². The van der Waals surface area contributed by atoms with Crippen molar-refractivity contribution in [2.45, 2.75) is 32.3 Å². The first-order valence-electron chi connectivity index (χ1n) is 8.87. The van der Waals surface area contributed by atoms with Gasteiger partial charge in [0.2, 0.25) is 5.91 Å². The fourth-order valence-corrected chi connectivity index (χ4v) is 4.56. The highest BCUT2D eigenvalue weighted by molar-refractivity contribution is 5.97. The predicted octanol–water partition coefficient (Wildman–Crippen LogP) is 2.39. The fourth-order valence-electron chi connectivity index (χ4n) is 4.56. The number of carbonyl (C=O) groups is 3. The third-order valence-electron chi connectivity index (χ3n) is 5.61. The van der Waals surface area contributed by atoms with Crippen LogP contribution in [0.2, 0.25) is 0 Å². The smallest absolute Gasteiger partial charge is 0.338 e. The molecule has 2 aliphatic carbocycles. The summed E-state index contributed by atoms with van der Waals surface area (Å²) in [6, 6.07) is 6.63. The van der Waals surface area contributed by atoms with Crippen molar-refractivity contribution in [1.29, 1.82) is 0 Å². The van der Waals surface area contributed by atoms with E-state index in [1.54, 1.807) is 24.3 Å². The maximum Gasteiger partial charge on any atom is 0.338 e. The molecule has 1 heterocycles. The molecule has 6 heteroatoms. The van der Waals surface area contributed by atoms with Crippen LogP contribution in [0.3, 0.4) is 0 Å². The van der Waals surface area contributed by atoms with Gasteiger partial charge in [0.05, 0.1) is 24.0 Å². The molecular weight excluding hydrogens is 322 g/mol. The summed E-state index contributed by atoms with van der Waals surface area (Å²) in [6.45, 7) is 2.32. The molecule has 25 heavy (non-hydrogen) atoms. The van der Waals surface area contributed by atoms with Crippen molar-refractivity contribution in [2.24, 2.45) is 23.7 Å². The number of rotatable bonds is 5. The highest BCUT2D eigenvalue weighted by Gasteiger charge is 2.63. The molecule has 5 atom stereocenters. The lowest BCUT2D eigenvalue weighted by molar-refractivity contribution is -0.145. The Labute approximate surface area is 145 Å². The third-order valence-corrected chi connectivity index (χ3v) is 5.61. The van der Waals surface area contributed by atoms with Crippen LogP contribution in [0.1, 0.15) is 36.5 Å². The molecule has 3 aliphatic rings. The first kappa shape index (κ1) is 16.1. The predicted molar refractivity (Wildman–Crippen MR) is 88.7 cm³/mol. The molecule has 1 N–H and O–H groups in total. The molecule has 0 aromatic heterocycles. The highest BCUT2D eigenvalue weighted by Crippen LogP contribution is 2.57. The lowest BCUT2D eigenvalue weighted by Crippen LogP contribution is -2.35. The molecule has 1 saturated heterocycles. The van der Waals surface area contributed by atoms with Crippen molar-refractivity contribution in [3.05, 3.63) is 29.8 Å². The molecule has 1 aliphatic heterocycles. The van der Waals surface area contributed by atoms with Gasteiger partial charge in [0, 0.05) is 11.6 Å². The molecule has 1 aromatic rings. The minimum Gasteiger partial charge on any atom is -0.462 e. The highest BCUT2D eigenvalue weighted by atomic mass is 16.6. The van der Waals surface area contributed by atoms with Gasteiger partial charge in [0.25, 0.3) is 0 Å². The van der Waals surface area contributed by atoms with E-state index >= 15 is 0 Å². The average Bonchev–Trinajstić information content (AvgIpc) is 3.22. The van der Waals surface area contributed by atoms with E-state index in [0.717, 1.165) is 19.3 Å². The van der Waals surface area contributed by atoms with Crippen molar-refractivity contribution < 1.29 is 23.9 Å². The Morgan fingerprint density at radius 1 is 1.24 bits per heavy atom. The first-order valence-corrected chi connectivity index (χ1v) is 8.87. The van der Waals surface area contributed by atoms with Crippen molar-refractivity contribution in [3.63, 3.8) is 0 Å². The Bertz CT molecular complexity index is 711. The van der Waals surface area contributed by atoms with Gasteiger partial charge in [0.15, 0.2) is 0 Å². The number of nitrogens with one attached hydrogen (secondary N) is 1. The summed E-state index contributed by atoms with van der Waals surface area (Å²) in [6.07, 6.45) is 2.50. The van der Waals surface area contributed by atoms with E-state index in [1.807, 2.05) is 6.92 Å². The van der Waals surface area contributed by atoms with Crippen LogP contribution >= 0.6 is 0 Å². The van der Waals surface area contributed by atoms with Crippen LogP contribution in [0.4, 0.5) is 5.69 Å². The van der Waals surface area contributed by atoms with E-state index in [4.69, 9.17) is 9.47 Å². The molecule has 3 fully saturated rings. The standard InChI is InChI=1S/C19H21NO5/c1-2-7-24-18(22)10-3-5-12(6-4-10)20-17(21)15-11-8-13-14(9-11)25-19(23)16(13)15/h3-6,11,13-16H,2,7-9H2,1H3,(H,20,21)/t11-,13+,14+,15-,16-/m1/s1. The molecule has 4 rings (SSSR count). The van der Waals surface area contributed by atoms with Gasteiger partial charge in [-0.3, -0.25) is 9.59 Å². The summed E-state index contributed by atoms with van der Waals surface area (Å²) in [7, 11) is 0. The zero-order valence-electron chi connectivity index (χ0n) is 14.1. The summed E-state index contributed by atoms with van der Waals surface area (Å²) in [5, 5.41) is 2.88. The second-order valence-electron chi connectivity index (χ2n) is 7.12. The number of fused-ring (bicyclic) bond motifs is 1. The van der Waals surface area contributed by atoms with Crippen LogP contribution in [0.5, 0.6) is 0 Å². The van der Waals surface area contributed by atoms with Gasteiger partial charge in [-0.2, -0.15) is 0 Å². The molecule has 0 radical (unpaired) electrons. The Morgan fingerprint density at radius 3 is 2.72 bits per heavy atom. The summed E-state index contributed by atoms with van der Waals surface area (Å²) in [5.74, 6) is -0.857. The fraction of sp³-hybridized carbons (Fsp3) is 0.526. The number of ether oxygens (including phenoxy) is 2. The first-order chi connectivity index (χ1) is 12.1. The maximum absolute atomic E-state index is 12.7. The molecular formula is C19H21NO5. The van der Waals surface area contributed by atoms with Crippen molar-refractivity contribution in [3.8, 4) is 0 Å². The lowest BCUT2D eigenvalue weighted by atomic mass is 9.79. The largest absolute Gasteiger partial charge is 0.462 e. The maximum atomic E-state index is 12.7. The van der Waals surface area contributed by atoms with E-state index in [-0.39, 0.29) is 47.6 Å². The lowest BCUT2D eigenvalue weighted by Gasteiger charge is -2.23. The zero-order valence-corrected chi connectivity index (χ0v) is 14.1. The second kappa shape index (κ2) is 6.17. The quantitative estimate of drug-likeness (QED) is 0.830. The molecule has 0 spiro atoms. The summed E-state index contributed by atoms with van der Waals surface area (Å²) >= 11 is 0. The van der Waals surface area contributed by atoms with E-state index in [0.29, 0.717) is 17.9 Å². The SMILES string of the molecule is CCCOC(=O)c1ccc(NC(=O)[C@@H]2[C@@H]3C[C@@H]4[C@H]2C(=O)O[C@H]4C3)cc1. The summed E-state index contributed by atoms with van der Waals surface area (Å²) in [4.78, 5) is 36.5. The monoisotopic (exact) mass is 343 g/mol. The van der Waals surface area contributed by atoms with E-state index in [9.17, 15) is 14.4 Å². The number of benzene rings is 1. The number of carbonyl (C=O) groups excluding carboxylic acids is 3. The number of hydrogen-bond acceptors (Lipinski definition) is 5. The van der Waals surface area contributed by atoms with Crippen molar-refractivity contribution >= 4 is 23.5 Å². The van der Waals surface area contributed by atoms with Crippen LogP contribution in [0.15, 0.2) is 24.3 Å². The van der Waals surface area contributed by atoms with Crippen LogP contribution < -0.4 is 5.32 Å². The minimum absolute atomic E-state index is 0.0277. The van der Waals surface area contributed by atoms with Crippen molar-refractivity contribution in [1.82, 2.24) is 0 Å². The van der Waals surface area contributed by atoms with Gasteiger partial charge in [-0.15, -0.1) is 0 Å². The molecule has 132 valence electrons. The Kier molecular flexibility index (Phi) is 3.98. The van der Waals surface area contributed by atoms with Crippen LogP contribution in [0.25, 0.3) is 0 Å². The Morgan fingerprint density at radius 2 is 2.00 bits per heavy atom. The molecule has 2 saturated carbocycles. The number of amides is 1. The van der Waals surface area contributed by atoms with Crippen LogP contribution in [-0.2, 0) is 19.1 Å². The Hall–Kier alpha value is -2.37. The van der Waals surface area contributed by atoms with Gasteiger partial charge in [-0.1, -0.05) is 6.92 Å². The summed E-state index contributed by atoms with van der Waals surface area (Å²) in [5.41, 5.74) is 1.07. The second-order valence-corrected chi connectivity index (χ2v) is 7.12. The number of anilines is 1. The summed E-state index contributed by atoms with van der Waals surface area (Å²) < 4.78 is 10.5. The number of hydrogen-bond donors (Lipinski definition) is 1. The number of esters is 2. The van der Waals surface area contributed by atoms with Crippen molar-refractivity contribution in [2.75, 3.05) is 11.9 Å². The molecule has 2 bridgehead atoms. The Balaban J connectivity index is 1.42. The zero-order chi connectivity index (χ0) is 17.6. The van der Waals surface area contributed by atoms with Gasteiger partial charge >= 0.3 is 11.9 Å². The third kappa shape index (κ3) is 2.69. The topological polar surface area (TPSA) is 81.7 Å². The van der Waals surface area contributed by atoms with Gasteiger partial charge in [-0.05, 0) is 49.4 Å².